The van der Waals surface area contributed by atoms with E-state index in [0.29, 0.717) is 34.8 Å². The zero-order valence-electron chi connectivity index (χ0n) is 17.7. The topological polar surface area (TPSA) is 76.6 Å². The number of hydrogen-bond acceptors (Lipinski definition) is 7. The fourth-order valence-corrected chi connectivity index (χ4v) is 3.86. The van der Waals surface area contributed by atoms with E-state index in [9.17, 15) is 13.6 Å². The summed E-state index contributed by atoms with van der Waals surface area (Å²) in [5, 5.41) is 2.81. The lowest BCUT2D eigenvalue weighted by molar-refractivity contribution is -0.104. The van der Waals surface area contributed by atoms with E-state index in [0.717, 1.165) is 31.7 Å². The summed E-state index contributed by atoms with van der Waals surface area (Å²) >= 11 is 5.70. The monoisotopic (exact) mass is 474 g/mol. The number of nitrogens with one attached hydrogen (secondary N) is 1. The van der Waals surface area contributed by atoms with Gasteiger partial charge in [0.2, 0.25) is 0 Å². The van der Waals surface area contributed by atoms with Gasteiger partial charge in [-0.3, -0.25) is 4.79 Å². The summed E-state index contributed by atoms with van der Waals surface area (Å²) in [6.45, 7) is 1.45. The van der Waals surface area contributed by atoms with Crippen molar-refractivity contribution >= 4 is 40.3 Å². The highest BCUT2D eigenvalue weighted by atomic mass is 35.5. The van der Waals surface area contributed by atoms with Gasteiger partial charge in [-0.15, -0.1) is 0 Å². The van der Waals surface area contributed by atoms with Crippen LogP contribution in [0, 0.1) is 11.6 Å². The number of likely N-dealkylation sites (tertiary alicyclic amines) is 1. The third-order valence-corrected chi connectivity index (χ3v) is 5.63. The van der Waals surface area contributed by atoms with Crippen LogP contribution in [0.3, 0.4) is 0 Å². The number of aromatic nitrogens is 2. The molecule has 1 aliphatic rings. The Bertz CT molecular complexity index is 1210. The lowest BCUT2D eigenvalue weighted by Gasteiger charge is -2.32. The van der Waals surface area contributed by atoms with Crippen LogP contribution in [0.15, 0.2) is 42.9 Å². The number of aldehydes is 1. The van der Waals surface area contributed by atoms with Crippen molar-refractivity contribution in [1.29, 1.82) is 0 Å². The second-order valence-corrected chi connectivity index (χ2v) is 7.82. The minimum absolute atomic E-state index is 0.0235. The van der Waals surface area contributed by atoms with Crippen molar-refractivity contribution in [2.45, 2.75) is 18.9 Å². The number of carbonyl (C=O) groups excluding carboxylic acids is 1. The molecule has 7 nitrogen and oxygen atoms in total. The van der Waals surface area contributed by atoms with Crippen LogP contribution in [0.4, 0.5) is 20.3 Å². The molecule has 4 rings (SSSR count). The average molecular weight is 475 g/mol. The van der Waals surface area contributed by atoms with Crippen molar-refractivity contribution in [2.24, 2.45) is 0 Å². The van der Waals surface area contributed by atoms with E-state index in [1.54, 1.807) is 18.3 Å². The number of methoxy groups -OCH3 is 1. The van der Waals surface area contributed by atoms with Gasteiger partial charge in [-0.2, -0.15) is 0 Å². The highest BCUT2D eigenvalue weighted by Gasteiger charge is 2.22. The van der Waals surface area contributed by atoms with Gasteiger partial charge in [0, 0.05) is 24.2 Å². The van der Waals surface area contributed by atoms with Crippen LogP contribution >= 0.6 is 11.6 Å². The van der Waals surface area contributed by atoms with E-state index >= 15 is 0 Å². The highest BCUT2D eigenvalue weighted by Crippen LogP contribution is 2.37. The largest absolute Gasteiger partial charge is 0.493 e. The predicted octanol–water partition coefficient (Wildman–Crippen LogP) is 4.87. The lowest BCUT2D eigenvalue weighted by Crippen LogP contribution is -2.38. The zero-order chi connectivity index (χ0) is 23.4. The van der Waals surface area contributed by atoms with Gasteiger partial charge in [-0.1, -0.05) is 11.6 Å². The number of piperidine rings is 1. The Balaban J connectivity index is 1.66. The van der Waals surface area contributed by atoms with Crippen molar-refractivity contribution in [3.8, 4) is 11.5 Å². The molecule has 1 N–H and O–H groups in total. The number of nitrogens with zero attached hydrogens (tertiary/aromatic N) is 3. The summed E-state index contributed by atoms with van der Waals surface area (Å²) in [5.41, 5.74) is 0.522. The van der Waals surface area contributed by atoms with Crippen LogP contribution in [-0.2, 0) is 4.79 Å². The van der Waals surface area contributed by atoms with Gasteiger partial charge in [0.05, 0.1) is 24.9 Å². The molecular formula is C23H21ClF2N4O3. The fourth-order valence-electron chi connectivity index (χ4n) is 3.70. The number of anilines is 2. The minimum Gasteiger partial charge on any atom is -0.493 e. The third-order valence-electron chi connectivity index (χ3n) is 5.29. The van der Waals surface area contributed by atoms with E-state index in [-0.39, 0.29) is 11.8 Å². The Kier molecular flexibility index (Phi) is 6.88. The molecule has 10 heteroatoms. The molecule has 1 unspecified atom stereocenters. The van der Waals surface area contributed by atoms with Crippen molar-refractivity contribution in [3.63, 3.8) is 0 Å². The molecule has 1 aliphatic heterocycles. The Hall–Kier alpha value is -3.46. The fraction of sp³-hybridized carbons (Fsp3) is 0.261. The van der Waals surface area contributed by atoms with Gasteiger partial charge in [-0.25, -0.2) is 18.7 Å². The summed E-state index contributed by atoms with van der Waals surface area (Å²) in [4.78, 5) is 21.1. The SMILES string of the molecule is COc1cc2ncnc(Nc3ccc(F)c(Cl)c3F)c2cc1OC1CCCN(C=CC=O)C1. The number of benzene rings is 2. The minimum atomic E-state index is -0.918. The molecule has 2 heterocycles. The lowest BCUT2D eigenvalue weighted by atomic mass is 10.1. The summed E-state index contributed by atoms with van der Waals surface area (Å²) in [6.07, 6.45) is 6.88. The summed E-state index contributed by atoms with van der Waals surface area (Å²) in [6, 6.07) is 5.75. The Morgan fingerprint density at radius 3 is 2.88 bits per heavy atom. The van der Waals surface area contributed by atoms with Crippen LogP contribution in [0.5, 0.6) is 11.5 Å². The number of rotatable bonds is 7. The molecule has 2 aromatic carbocycles. The summed E-state index contributed by atoms with van der Waals surface area (Å²) in [7, 11) is 1.53. The molecule has 0 aliphatic carbocycles. The van der Waals surface area contributed by atoms with Gasteiger partial charge >= 0.3 is 0 Å². The van der Waals surface area contributed by atoms with Crippen molar-refractivity contribution in [2.75, 3.05) is 25.5 Å². The smallest absolute Gasteiger partial charge is 0.168 e. The van der Waals surface area contributed by atoms with E-state index in [1.165, 1.54) is 25.6 Å². The standard InChI is InChI=1S/C23H21ClF2N4O3/c1-32-19-11-18-15(10-20(19)33-14-4-2-7-30(12-14)8-3-9-31)23(28-13-27-18)29-17-6-5-16(25)21(24)22(17)26/h3,5-6,8-11,13-14H,2,4,7,12H2,1H3,(H,27,28,29). The number of carbonyl (C=O) groups is 1. The highest BCUT2D eigenvalue weighted by molar-refractivity contribution is 6.31. The second kappa shape index (κ2) is 9.99. The first kappa shape index (κ1) is 22.7. The zero-order valence-corrected chi connectivity index (χ0v) is 18.5. The Morgan fingerprint density at radius 1 is 1.24 bits per heavy atom. The van der Waals surface area contributed by atoms with Crippen LogP contribution in [0.1, 0.15) is 12.8 Å². The molecule has 1 aromatic heterocycles. The molecule has 0 bridgehead atoms. The molecule has 1 saturated heterocycles. The van der Waals surface area contributed by atoms with Crippen molar-refractivity contribution in [1.82, 2.24) is 14.9 Å². The molecule has 33 heavy (non-hydrogen) atoms. The first-order valence-corrected chi connectivity index (χ1v) is 10.6. The van der Waals surface area contributed by atoms with Gasteiger partial charge in [0.25, 0.3) is 0 Å². The van der Waals surface area contributed by atoms with Gasteiger partial charge in [0.1, 0.15) is 35.4 Å². The molecule has 3 aromatic rings. The van der Waals surface area contributed by atoms with Gasteiger partial charge in [0.15, 0.2) is 17.3 Å². The molecule has 1 atom stereocenters. The Labute approximate surface area is 194 Å². The number of fused-ring (bicyclic) bond motifs is 1. The number of hydrogen-bond donors (Lipinski definition) is 1. The van der Waals surface area contributed by atoms with E-state index < -0.39 is 16.7 Å². The first-order valence-electron chi connectivity index (χ1n) is 10.3. The third kappa shape index (κ3) is 4.98. The maximum atomic E-state index is 14.4. The average Bonchev–Trinajstić information content (AvgIpc) is 2.83. The van der Waals surface area contributed by atoms with Crippen molar-refractivity contribution < 1.29 is 23.0 Å². The quantitative estimate of drug-likeness (QED) is 0.297. The summed E-state index contributed by atoms with van der Waals surface area (Å²) < 4.78 is 39.7. The predicted molar refractivity (Wildman–Crippen MR) is 121 cm³/mol. The van der Waals surface area contributed by atoms with E-state index in [1.807, 2.05) is 4.90 Å². The normalized spacial score (nSPS) is 16.2. The molecule has 0 spiro atoms. The Morgan fingerprint density at radius 2 is 2.09 bits per heavy atom. The molecule has 172 valence electrons. The molecule has 0 saturated carbocycles. The number of allylic oxidation sites excluding steroid dienone is 1. The van der Waals surface area contributed by atoms with Crippen LogP contribution in [-0.4, -0.2) is 47.5 Å². The van der Waals surface area contributed by atoms with Crippen LogP contribution in [0.2, 0.25) is 5.02 Å². The molecule has 1 fully saturated rings. The van der Waals surface area contributed by atoms with Crippen molar-refractivity contribution in [3.05, 3.63) is 59.5 Å². The molecular weight excluding hydrogens is 454 g/mol. The van der Waals surface area contributed by atoms with E-state index in [4.69, 9.17) is 21.1 Å². The first-order chi connectivity index (χ1) is 16.0. The van der Waals surface area contributed by atoms with Gasteiger partial charge < -0.3 is 19.7 Å². The number of halogens is 3. The second-order valence-electron chi connectivity index (χ2n) is 7.45. The molecule has 0 radical (unpaired) electrons. The molecule has 0 amide bonds. The van der Waals surface area contributed by atoms with Crippen LogP contribution < -0.4 is 14.8 Å². The van der Waals surface area contributed by atoms with Gasteiger partial charge in [-0.05, 0) is 37.1 Å². The van der Waals surface area contributed by atoms with E-state index in [2.05, 4.69) is 15.3 Å². The van der Waals surface area contributed by atoms with Crippen LogP contribution in [0.25, 0.3) is 10.9 Å². The maximum absolute atomic E-state index is 14.4. The summed E-state index contributed by atoms with van der Waals surface area (Å²) in [5.74, 6) is -0.500. The maximum Gasteiger partial charge on any atom is 0.168 e. The number of ether oxygens (including phenoxy) is 2.